The van der Waals surface area contributed by atoms with E-state index in [9.17, 15) is 14.4 Å². The zero-order valence-corrected chi connectivity index (χ0v) is 20.6. The van der Waals surface area contributed by atoms with Crippen molar-refractivity contribution in [3.63, 3.8) is 0 Å². The first kappa shape index (κ1) is 24.0. The molecule has 9 heteroatoms. The predicted molar refractivity (Wildman–Crippen MR) is 128 cm³/mol. The highest BCUT2D eigenvalue weighted by Gasteiger charge is 2.24. The van der Waals surface area contributed by atoms with Gasteiger partial charge in [-0.15, -0.1) is 11.3 Å². The Kier molecular flexibility index (Phi) is 7.12. The molecule has 0 unspecified atom stereocenters. The molecule has 0 fully saturated rings. The largest absolute Gasteiger partial charge is 0.454 e. The van der Waals surface area contributed by atoms with E-state index < -0.39 is 12.6 Å². The van der Waals surface area contributed by atoms with Gasteiger partial charge in [-0.05, 0) is 57.5 Å². The quantitative estimate of drug-likeness (QED) is 0.334. The van der Waals surface area contributed by atoms with Crippen molar-refractivity contribution >= 4 is 57.2 Å². The molecule has 0 spiro atoms. The second-order valence-electron chi connectivity index (χ2n) is 7.39. The lowest BCUT2D eigenvalue weighted by Crippen LogP contribution is -2.17. The Morgan fingerprint density at radius 1 is 1.06 bits per heavy atom. The van der Waals surface area contributed by atoms with E-state index in [0.717, 1.165) is 16.3 Å². The summed E-state index contributed by atoms with van der Waals surface area (Å²) in [5, 5.41) is 3.93. The number of amides is 1. The summed E-state index contributed by atoms with van der Waals surface area (Å²) in [6, 6.07) is 6.98. The van der Waals surface area contributed by atoms with Crippen LogP contribution in [0.15, 0.2) is 24.3 Å². The van der Waals surface area contributed by atoms with Crippen LogP contribution in [0.1, 0.15) is 49.5 Å². The van der Waals surface area contributed by atoms with Crippen LogP contribution in [0.5, 0.6) is 0 Å². The molecule has 2 aromatic heterocycles. The molecule has 0 saturated carbocycles. The molecule has 0 radical (unpaired) electrons. The van der Waals surface area contributed by atoms with Gasteiger partial charge < -0.3 is 14.6 Å². The summed E-state index contributed by atoms with van der Waals surface area (Å²) < 4.78 is 7.21. The maximum atomic E-state index is 12.9. The number of halogens is 2. The summed E-state index contributed by atoms with van der Waals surface area (Å²) in [5.74, 6) is -1.27. The predicted octanol–water partition coefficient (Wildman–Crippen LogP) is 6.08. The van der Waals surface area contributed by atoms with Gasteiger partial charge in [0.15, 0.2) is 6.61 Å². The summed E-state index contributed by atoms with van der Waals surface area (Å²) in [6.45, 7) is 8.26. The molecular formula is C23H22Cl2N2O4S. The van der Waals surface area contributed by atoms with E-state index in [1.807, 2.05) is 31.4 Å². The molecule has 0 saturated heterocycles. The van der Waals surface area contributed by atoms with E-state index in [1.165, 1.54) is 18.3 Å². The molecule has 0 aliphatic heterocycles. The van der Waals surface area contributed by atoms with Gasteiger partial charge in [-0.3, -0.25) is 9.59 Å². The van der Waals surface area contributed by atoms with E-state index in [0.29, 0.717) is 31.9 Å². The van der Waals surface area contributed by atoms with Crippen LogP contribution in [0.4, 0.5) is 5.00 Å². The Bertz CT molecular complexity index is 1240. The van der Waals surface area contributed by atoms with Crippen LogP contribution in [-0.2, 0) is 9.53 Å². The highest BCUT2D eigenvalue weighted by Crippen LogP contribution is 2.33. The number of ketones is 1. The first-order valence-corrected chi connectivity index (χ1v) is 11.3. The van der Waals surface area contributed by atoms with E-state index in [-0.39, 0.29) is 17.3 Å². The highest BCUT2D eigenvalue weighted by molar-refractivity contribution is 7.16. The standard InChI is InChI=1S/C23H22Cl2N2O4S/c1-11-8-17(13(3)27(11)16-6-7-18(24)19(25)9-16)20(29)10-31-23(30)21-12(2)14(4)32-22(21)26-15(5)28/h6-9H,10H2,1-5H3,(H,26,28). The van der Waals surface area contributed by atoms with Gasteiger partial charge >= 0.3 is 5.97 Å². The SMILES string of the molecule is CC(=O)Nc1sc(C)c(C)c1C(=O)OCC(=O)c1cc(C)n(-c2ccc(Cl)c(Cl)c2)c1C. The number of carbonyl (C=O) groups excluding carboxylic acids is 3. The molecule has 2 heterocycles. The lowest BCUT2D eigenvalue weighted by molar-refractivity contribution is -0.114. The molecule has 32 heavy (non-hydrogen) atoms. The zero-order chi connectivity index (χ0) is 23.7. The number of benzene rings is 1. The second-order valence-corrected chi connectivity index (χ2v) is 9.43. The third kappa shape index (κ3) is 4.75. The number of carbonyl (C=O) groups is 3. The Balaban J connectivity index is 1.81. The summed E-state index contributed by atoms with van der Waals surface area (Å²) >= 11 is 13.4. The number of anilines is 1. The minimum absolute atomic E-state index is 0.275. The van der Waals surface area contributed by atoms with Crippen molar-refractivity contribution in [2.45, 2.75) is 34.6 Å². The fourth-order valence-corrected chi connectivity index (χ4v) is 4.86. The number of nitrogens with zero attached hydrogens (tertiary/aromatic N) is 1. The summed E-state index contributed by atoms with van der Waals surface area (Å²) in [6.07, 6.45) is 0. The van der Waals surface area contributed by atoms with Crippen LogP contribution in [0.3, 0.4) is 0 Å². The van der Waals surface area contributed by atoms with Crippen molar-refractivity contribution in [1.29, 1.82) is 0 Å². The molecule has 0 aliphatic carbocycles. The molecule has 1 amide bonds. The molecule has 0 atom stereocenters. The molecule has 1 aromatic carbocycles. The van der Waals surface area contributed by atoms with E-state index >= 15 is 0 Å². The number of esters is 1. The molecule has 6 nitrogen and oxygen atoms in total. The lowest BCUT2D eigenvalue weighted by Gasteiger charge is -2.11. The molecule has 3 aromatic rings. The Labute approximate surface area is 200 Å². The number of aryl methyl sites for hydroxylation is 2. The van der Waals surface area contributed by atoms with Gasteiger partial charge in [0.2, 0.25) is 11.7 Å². The van der Waals surface area contributed by atoms with E-state index in [4.69, 9.17) is 27.9 Å². The molecule has 3 rings (SSSR count). The number of hydrogen-bond donors (Lipinski definition) is 1. The van der Waals surface area contributed by atoms with Crippen molar-refractivity contribution < 1.29 is 19.1 Å². The summed E-state index contributed by atoms with van der Waals surface area (Å²) in [4.78, 5) is 37.9. The van der Waals surface area contributed by atoms with Crippen LogP contribution >= 0.6 is 34.5 Å². The maximum absolute atomic E-state index is 12.9. The second kappa shape index (κ2) is 9.48. The molecular weight excluding hydrogens is 471 g/mol. The number of nitrogens with one attached hydrogen (secondary N) is 1. The van der Waals surface area contributed by atoms with Crippen LogP contribution in [-0.4, -0.2) is 28.8 Å². The highest BCUT2D eigenvalue weighted by atomic mass is 35.5. The van der Waals surface area contributed by atoms with Crippen molar-refractivity contribution in [1.82, 2.24) is 4.57 Å². The minimum atomic E-state index is -0.651. The number of Topliss-reactive ketones (excluding diaryl/α,β-unsaturated/α-hetero) is 1. The van der Waals surface area contributed by atoms with Gasteiger partial charge in [-0.1, -0.05) is 23.2 Å². The molecule has 0 bridgehead atoms. The maximum Gasteiger partial charge on any atom is 0.341 e. The van der Waals surface area contributed by atoms with Gasteiger partial charge in [0.1, 0.15) is 5.00 Å². The topological polar surface area (TPSA) is 77.4 Å². The number of aromatic nitrogens is 1. The van der Waals surface area contributed by atoms with Crippen molar-refractivity contribution in [3.8, 4) is 5.69 Å². The average molecular weight is 493 g/mol. The van der Waals surface area contributed by atoms with Crippen LogP contribution in [0.2, 0.25) is 10.0 Å². The van der Waals surface area contributed by atoms with Crippen molar-refractivity contribution in [2.24, 2.45) is 0 Å². The fourth-order valence-electron chi connectivity index (χ4n) is 3.47. The lowest BCUT2D eigenvalue weighted by atomic mass is 10.1. The van der Waals surface area contributed by atoms with Crippen molar-refractivity contribution in [2.75, 3.05) is 11.9 Å². The van der Waals surface area contributed by atoms with Gasteiger partial charge in [0, 0.05) is 34.4 Å². The monoisotopic (exact) mass is 492 g/mol. The van der Waals surface area contributed by atoms with Gasteiger partial charge in [-0.2, -0.15) is 0 Å². The summed E-state index contributed by atoms with van der Waals surface area (Å²) in [5.41, 5.74) is 3.73. The average Bonchev–Trinajstić information content (AvgIpc) is 3.16. The third-order valence-electron chi connectivity index (χ3n) is 5.11. The Morgan fingerprint density at radius 3 is 2.38 bits per heavy atom. The van der Waals surface area contributed by atoms with Crippen LogP contribution in [0.25, 0.3) is 5.69 Å². The van der Waals surface area contributed by atoms with Gasteiger partial charge in [0.05, 0.1) is 15.6 Å². The van der Waals surface area contributed by atoms with E-state index in [2.05, 4.69) is 5.32 Å². The smallest absolute Gasteiger partial charge is 0.341 e. The molecule has 0 aliphatic rings. The van der Waals surface area contributed by atoms with Crippen LogP contribution < -0.4 is 5.32 Å². The van der Waals surface area contributed by atoms with Gasteiger partial charge in [-0.25, -0.2) is 4.79 Å². The normalized spacial score (nSPS) is 10.8. The van der Waals surface area contributed by atoms with Crippen LogP contribution in [0, 0.1) is 27.7 Å². The number of ether oxygens (including phenoxy) is 1. The minimum Gasteiger partial charge on any atom is -0.454 e. The first-order valence-electron chi connectivity index (χ1n) is 9.73. The fraction of sp³-hybridized carbons (Fsp3) is 0.261. The molecule has 1 N–H and O–H groups in total. The number of hydrogen-bond acceptors (Lipinski definition) is 5. The summed E-state index contributed by atoms with van der Waals surface area (Å²) in [7, 11) is 0. The Hall–Kier alpha value is -2.61. The Morgan fingerprint density at radius 2 is 1.75 bits per heavy atom. The first-order chi connectivity index (χ1) is 15.0. The van der Waals surface area contributed by atoms with Crippen molar-refractivity contribution in [3.05, 3.63) is 67.3 Å². The zero-order valence-electron chi connectivity index (χ0n) is 18.3. The number of rotatable bonds is 6. The molecule has 168 valence electrons. The van der Waals surface area contributed by atoms with Gasteiger partial charge in [0.25, 0.3) is 0 Å². The number of thiophene rings is 1. The van der Waals surface area contributed by atoms with E-state index in [1.54, 1.807) is 25.1 Å². The third-order valence-corrected chi connectivity index (χ3v) is 6.97.